The molecule has 0 heterocycles. The molecular formula is C12H12BClO4. The van der Waals surface area contributed by atoms with Gasteiger partial charge in [-0.2, -0.15) is 0 Å². The summed E-state index contributed by atoms with van der Waals surface area (Å²) in [6.45, 7) is 3.83. The first kappa shape index (κ1) is 14.6. The molecule has 2 radical (unpaired) electrons. The largest absolute Gasteiger partial charge is 0.462 e. The van der Waals surface area contributed by atoms with Crippen LogP contribution in [-0.4, -0.2) is 33.0 Å². The standard InChI is InChI=1S/C12H12BClO4/c1-3-17-11(15)7-6-10(14)8(5-9(7)13)12(16)18-4-2/h5-6H,3-4H2,1-2H3. The molecule has 0 aliphatic rings. The second kappa shape index (κ2) is 6.45. The number of carbonyl (C=O) groups is 2. The van der Waals surface area contributed by atoms with Crippen molar-refractivity contribution in [3.8, 4) is 0 Å². The lowest BCUT2D eigenvalue weighted by atomic mass is 9.89. The molecule has 0 atom stereocenters. The molecule has 94 valence electrons. The van der Waals surface area contributed by atoms with Crippen LogP contribution in [0.4, 0.5) is 0 Å². The van der Waals surface area contributed by atoms with Crippen LogP contribution in [0.1, 0.15) is 34.6 Å². The zero-order chi connectivity index (χ0) is 13.7. The average molecular weight is 266 g/mol. The van der Waals surface area contributed by atoms with E-state index in [-0.39, 0.29) is 34.8 Å². The number of hydrogen-bond acceptors (Lipinski definition) is 4. The summed E-state index contributed by atoms with van der Waals surface area (Å²) in [4.78, 5) is 23.1. The molecule has 0 fully saturated rings. The molecule has 0 aliphatic carbocycles. The molecule has 0 aromatic heterocycles. The SMILES string of the molecule is [B]c1cc(C(=O)OCC)c(Cl)cc1C(=O)OCC. The third-order valence-corrected chi connectivity index (χ3v) is 2.44. The van der Waals surface area contributed by atoms with Gasteiger partial charge >= 0.3 is 11.9 Å². The van der Waals surface area contributed by atoms with Crippen molar-refractivity contribution in [2.75, 3.05) is 13.2 Å². The quantitative estimate of drug-likeness (QED) is 0.612. The van der Waals surface area contributed by atoms with Gasteiger partial charge in [-0.3, -0.25) is 0 Å². The molecular weight excluding hydrogens is 254 g/mol. The summed E-state index contributed by atoms with van der Waals surface area (Å²) in [6, 6.07) is 2.62. The van der Waals surface area contributed by atoms with Crippen molar-refractivity contribution in [2.24, 2.45) is 0 Å². The van der Waals surface area contributed by atoms with E-state index in [2.05, 4.69) is 0 Å². The number of ether oxygens (including phenoxy) is 2. The fraction of sp³-hybridized carbons (Fsp3) is 0.333. The molecule has 0 saturated carbocycles. The molecule has 0 aliphatic heterocycles. The lowest BCUT2D eigenvalue weighted by molar-refractivity contribution is 0.0513. The Bertz CT molecular complexity index is 430. The van der Waals surface area contributed by atoms with Crippen LogP contribution in [0, 0.1) is 0 Å². The van der Waals surface area contributed by atoms with Gasteiger partial charge in [-0.25, -0.2) is 9.59 Å². The molecule has 6 heteroatoms. The summed E-state index contributed by atoms with van der Waals surface area (Å²) in [5.74, 6) is -1.16. The van der Waals surface area contributed by atoms with Gasteiger partial charge in [0.15, 0.2) is 0 Å². The molecule has 1 aromatic carbocycles. The van der Waals surface area contributed by atoms with Gasteiger partial charge in [0.05, 0.1) is 29.4 Å². The second-order valence-corrected chi connectivity index (χ2v) is 3.77. The minimum Gasteiger partial charge on any atom is -0.462 e. The third-order valence-electron chi connectivity index (χ3n) is 2.13. The Morgan fingerprint density at radius 2 is 1.61 bits per heavy atom. The predicted molar refractivity (Wildman–Crippen MR) is 68.8 cm³/mol. The Labute approximate surface area is 112 Å². The monoisotopic (exact) mass is 266 g/mol. The summed E-state index contributed by atoms with van der Waals surface area (Å²) < 4.78 is 9.63. The number of rotatable bonds is 4. The van der Waals surface area contributed by atoms with Crippen LogP contribution in [0.15, 0.2) is 12.1 Å². The summed E-state index contributed by atoms with van der Waals surface area (Å²) >= 11 is 5.91. The van der Waals surface area contributed by atoms with Crippen molar-refractivity contribution in [3.05, 3.63) is 28.3 Å². The van der Waals surface area contributed by atoms with E-state index in [0.29, 0.717) is 0 Å². The molecule has 4 nitrogen and oxygen atoms in total. The van der Waals surface area contributed by atoms with Gasteiger partial charge in [-0.15, -0.1) is 0 Å². The Morgan fingerprint density at radius 3 is 2.11 bits per heavy atom. The number of benzene rings is 1. The van der Waals surface area contributed by atoms with Crippen LogP contribution in [0.2, 0.25) is 5.02 Å². The zero-order valence-electron chi connectivity index (χ0n) is 10.2. The zero-order valence-corrected chi connectivity index (χ0v) is 10.9. The van der Waals surface area contributed by atoms with Crippen molar-refractivity contribution in [1.29, 1.82) is 0 Å². The number of halogens is 1. The number of esters is 2. The van der Waals surface area contributed by atoms with Gasteiger partial charge in [0, 0.05) is 0 Å². The lowest BCUT2D eigenvalue weighted by Gasteiger charge is -2.10. The molecule has 0 unspecified atom stereocenters. The third kappa shape index (κ3) is 3.26. The van der Waals surface area contributed by atoms with Crippen LogP contribution >= 0.6 is 11.6 Å². The molecule has 0 N–H and O–H groups in total. The van der Waals surface area contributed by atoms with Gasteiger partial charge in [0.2, 0.25) is 0 Å². The maximum absolute atomic E-state index is 11.5. The molecule has 0 saturated heterocycles. The minimum atomic E-state index is -0.579. The Balaban J connectivity index is 3.11. The Kier molecular flexibility index (Phi) is 5.22. The Hall–Kier alpha value is -1.49. The fourth-order valence-electron chi connectivity index (χ4n) is 1.34. The van der Waals surface area contributed by atoms with Crippen molar-refractivity contribution in [3.63, 3.8) is 0 Å². The molecule has 1 aromatic rings. The number of hydrogen-bond donors (Lipinski definition) is 0. The van der Waals surface area contributed by atoms with Crippen molar-refractivity contribution in [1.82, 2.24) is 0 Å². The topological polar surface area (TPSA) is 52.6 Å². The van der Waals surface area contributed by atoms with E-state index >= 15 is 0 Å². The molecule has 0 spiro atoms. The van der Waals surface area contributed by atoms with Crippen molar-refractivity contribution < 1.29 is 19.1 Å². The van der Waals surface area contributed by atoms with Gasteiger partial charge < -0.3 is 9.47 Å². The lowest BCUT2D eigenvalue weighted by Crippen LogP contribution is -2.20. The fourth-order valence-corrected chi connectivity index (χ4v) is 1.58. The van der Waals surface area contributed by atoms with E-state index in [1.54, 1.807) is 13.8 Å². The minimum absolute atomic E-state index is 0.103. The van der Waals surface area contributed by atoms with Gasteiger partial charge in [-0.1, -0.05) is 23.1 Å². The molecule has 1 rings (SSSR count). The van der Waals surface area contributed by atoms with E-state index in [0.717, 1.165) is 0 Å². The number of carbonyl (C=O) groups excluding carboxylic acids is 2. The van der Waals surface area contributed by atoms with E-state index in [1.807, 2.05) is 0 Å². The summed E-state index contributed by atoms with van der Waals surface area (Å²) in [5, 5.41) is 0.103. The van der Waals surface area contributed by atoms with Crippen LogP contribution in [0.3, 0.4) is 0 Å². The van der Waals surface area contributed by atoms with Crippen LogP contribution in [-0.2, 0) is 9.47 Å². The van der Waals surface area contributed by atoms with Gasteiger partial charge in [0.1, 0.15) is 7.85 Å². The summed E-state index contributed by atoms with van der Waals surface area (Å²) in [7, 11) is 5.69. The van der Waals surface area contributed by atoms with Crippen LogP contribution < -0.4 is 5.46 Å². The van der Waals surface area contributed by atoms with E-state index in [4.69, 9.17) is 28.9 Å². The molecule has 18 heavy (non-hydrogen) atoms. The predicted octanol–water partition coefficient (Wildman–Crippen LogP) is 1.49. The Morgan fingerprint density at radius 1 is 1.11 bits per heavy atom. The first-order chi connectivity index (χ1) is 8.51. The molecule has 0 bridgehead atoms. The molecule has 0 amide bonds. The van der Waals surface area contributed by atoms with Crippen molar-refractivity contribution >= 4 is 36.8 Å². The maximum Gasteiger partial charge on any atom is 0.339 e. The van der Waals surface area contributed by atoms with Gasteiger partial charge in [0.25, 0.3) is 0 Å². The van der Waals surface area contributed by atoms with Crippen molar-refractivity contribution in [2.45, 2.75) is 13.8 Å². The second-order valence-electron chi connectivity index (χ2n) is 3.36. The highest BCUT2D eigenvalue weighted by atomic mass is 35.5. The maximum atomic E-state index is 11.5. The highest BCUT2D eigenvalue weighted by molar-refractivity contribution is 6.39. The smallest absolute Gasteiger partial charge is 0.339 e. The summed E-state index contributed by atoms with van der Waals surface area (Å²) in [6.07, 6.45) is 0. The van der Waals surface area contributed by atoms with E-state index in [9.17, 15) is 9.59 Å². The first-order valence-electron chi connectivity index (χ1n) is 5.44. The van der Waals surface area contributed by atoms with E-state index in [1.165, 1.54) is 12.1 Å². The highest BCUT2D eigenvalue weighted by Crippen LogP contribution is 2.18. The van der Waals surface area contributed by atoms with E-state index < -0.39 is 11.9 Å². The van der Waals surface area contributed by atoms with Crippen LogP contribution in [0.25, 0.3) is 0 Å². The highest BCUT2D eigenvalue weighted by Gasteiger charge is 2.17. The van der Waals surface area contributed by atoms with Crippen LogP contribution in [0.5, 0.6) is 0 Å². The van der Waals surface area contributed by atoms with Gasteiger partial charge in [-0.05, 0) is 19.9 Å². The summed E-state index contributed by atoms with van der Waals surface area (Å²) in [5.41, 5.74) is 0.389. The normalized spacial score (nSPS) is 9.94. The average Bonchev–Trinajstić information content (AvgIpc) is 2.32. The first-order valence-corrected chi connectivity index (χ1v) is 5.82.